The van der Waals surface area contributed by atoms with Gasteiger partial charge < -0.3 is 4.74 Å². The Morgan fingerprint density at radius 2 is 1.90 bits per heavy atom. The van der Waals surface area contributed by atoms with E-state index >= 15 is 0 Å². The van der Waals surface area contributed by atoms with Crippen LogP contribution in [0.1, 0.15) is 42.5 Å². The molecule has 0 saturated heterocycles. The molecule has 2 aliphatic rings. The van der Waals surface area contributed by atoms with Crippen LogP contribution in [0, 0.1) is 5.92 Å². The van der Waals surface area contributed by atoms with Crippen LogP contribution in [0.25, 0.3) is 0 Å². The molecule has 2 nitrogen and oxygen atoms in total. The lowest BCUT2D eigenvalue weighted by Crippen LogP contribution is -2.46. The van der Waals surface area contributed by atoms with E-state index in [0.29, 0.717) is 11.3 Å². The Labute approximate surface area is 128 Å². The molecule has 114 valence electrons. The second-order valence-corrected chi connectivity index (χ2v) is 6.76. The smallest absolute Gasteiger partial charge is 0.391 e. The monoisotopic (exact) mass is 362 g/mol. The van der Waals surface area contributed by atoms with E-state index in [4.69, 9.17) is 4.74 Å². The molecule has 6 heteroatoms. The highest BCUT2D eigenvalue weighted by molar-refractivity contribution is 9.10. The zero-order chi connectivity index (χ0) is 15.3. The van der Waals surface area contributed by atoms with Gasteiger partial charge in [-0.1, -0.05) is 15.9 Å². The first-order valence-electron chi connectivity index (χ1n) is 6.88. The van der Waals surface area contributed by atoms with Crippen molar-refractivity contribution in [2.24, 2.45) is 5.92 Å². The maximum absolute atomic E-state index is 12.8. The second kappa shape index (κ2) is 5.00. The van der Waals surface area contributed by atoms with Gasteiger partial charge in [0.05, 0.1) is 17.9 Å². The Morgan fingerprint density at radius 3 is 2.52 bits per heavy atom. The van der Waals surface area contributed by atoms with Crippen LogP contribution >= 0.6 is 15.9 Å². The fraction of sp³-hybridized carbons (Fsp3) is 0.533. The van der Waals surface area contributed by atoms with E-state index < -0.39 is 17.7 Å². The molecule has 1 saturated carbocycles. The fourth-order valence-electron chi connectivity index (χ4n) is 3.22. The van der Waals surface area contributed by atoms with Crippen LogP contribution in [0.5, 0.6) is 5.75 Å². The standard InChI is InChI=1S/C15H14BrF3O2/c16-10-1-2-11-12(20)8-14(21-13(11)7-10)5-3-9(4-6-14)15(17,18)19/h1-2,7,9H,3-6,8H2. The lowest BCUT2D eigenvalue weighted by atomic mass is 9.74. The van der Waals surface area contributed by atoms with E-state index in [1.165, 1.54) is 0 Å². The minimum Gasteiger partial charge on any atom is -0.486 e. The zero-order valence-corrected chi connectivity index (χ0v) is 12.8. The quantitative estimate of drug-likeness (QED) is 0.655. The Bertz CT molecular complexity index is 575. The molecule has 1 spiro atoms. The summed E-state index contributed by atoms with van der Waals surface area (Å²) >= 11 is 3.32. The van der Waals surface area contributed by atoms with Gasteiger partial charge in [-0.2, -0.15) is 13.2 Å². The molecule has 0 amide bonds. The zero-order valence-electron chi connectivity index (χ0n) is 11.2. The van der Waals surface area contributed by atoms with Gasteiger partial charge in [-0.05, 0) is 43.9 Å². The van der Waals surface area contributed by atoms with Gasteiger partial charge in [0.2, 0.25) is 0 Å². The molecule has 1 fully saturated rings. The normalized spacial score (nSPS) is 29.1. The van der Waals surface area contributed by atoms with E-state index in [-0.39, 0.29) is 37.9 Å². The van der Waals surface area contributed by atoms with Crippen LogP contribution in [-0.2, 0) is 0 Å². The predicted molar refractivity (Wildman–Crippen MR) is 74.5 cm³/mol. The number of Topliss-reactive ketones (excluding diaryl/α,β-unsaturated/α-hetero) is 1. The summed E-state index contributed by atoms with van der Waals surface area (Å²) in [5.74, 6) is -0.842. The van der Waals surface area contributed by atoms with Crippen LogP contribution in [0.15, 0.2) is 22.7 Å². The summed E-state index contributed by atoms with van der Waals surface area (Å²) in [7, 11) is 0. The van der Waals surface area contributed by atoms with Crippen molar-refractivity contribution in [3.8, 4) is 5.75 Å². The fourth-order valence-corrected chi connectivity index (χ4v) is 3.56. The third kappa shape index (κ3) is 2.82. The number of carbonyl (C=O) groups is 1. The molecule has 21 heavy (non-hydrogen) atoms. The summed E-state index contributed by atoms with van der Waals surface area (Å²) in [5.41, 5.74) is -0.242. The molecule has 1 aromatic carbocycles. The van der Waals surface area contributed by atoms with Crippen LogP contribution in [0.2, 0.25) is 0 Å². The van der Waals surface area contributed by atoms with Crippen LogP contribution in [0.3, 0.4) is 0 Å². The maximum Gasteiger partial charge on any atom is 0.391 e. The number of carbonyl (C=O) groups excluding carboxylic acids is 1. The molecule has 0 aromatic heterocycles. The highest BCUT2D eigenvalue weighted by Gasteiger charge is 2.49. The minimum absolute atomic E-state index is 0.0279. The van der Waals surface area contributed by atoms with Gasteiger partial charge in [0.1, 0.15) is 11.4 Å². The summed E-state index contributed by atoms with van der Waals surface area (Å²) in [6.07, 6.45) is -3.38. The number of benzene rings is 1. The molecule has 0 unspecified atom stereocenters. The molecule has 1 aliphatic heterocycles. The van der Waals surface area contributed by atoms with Gasteiger partial charge in [0, 0.05) is 4.47 Å². The first kappa shape index (κ1) is 14.9. The maximum atomic E-state index is 12.8. The molecular formula is C15H14BrF3O2. The molecule has 1 heterocycles. The summed E-state index contributed by atoms with van der Waals surface area (Å²) in [4.78, 5) is 12.2. The topological polar surface area (TPSA) is 26.3 Å². The van der Waals surface area contributed by atoms with Gasteiger partial charge in [-0.25, -0.2) is 0 Å². The average Bonchev–Trinajstić information content (AvgIpc) is 2.37. The van der Waals surface area contributed by atoms with Crippen molar-refractivity contribution in [2.75, 3.05) is 0 Å². The van der Waals surface area contributed by atoms with Crippen molar-refractivity contribution < 1.29 is 22.7 Å². The number of hydrogen-bond donors (Lipinski definition) is 0. The molecule has 1 aromatic rings. The van der Waals surface area contributed by atoms with Crippen molar-refractivity contribution in [1.82, 2.24) is 0 Å². The Morgan fingerprint density at radius 1 is 1.24 bits per heavy atom. The van der Waals surface area contributed by atoms with Gasteiger partial charge in [0.15, 0.2) is 5.78 Å². The van der Waals surface area contributed by atoms with Crippen LogP contribution in [-0.4, -0.2) is 17.6 Å². The van der Waals surface area contributed by atoms with Gasteiger partial charge in [-0.3, -0.25) is 4.79 Å². The van der Waals surface area contributed by atoms with Crippen molar-refractivity contribution in [2.45, 2.75) is 43.9 Å². The molecule has 0 atom stereocenters. The lowest BCUT2D eigenvalue weighted by molar-refractivity contribution is -0.190. The van der Waals surface area contributed by atoms with E-state index in [0.717, 1.165) is 4.47 Å². The van der Waals surface area contributed by atoms with Crippen molar-refractivity contribution in [1.29, 1.82) is 0 Å². The Balaban J connectivity index is 1.82. The van der Waals surface area contributed by atoms with E-state index in [9.17, 15) is 18.0 Å². The average molecular weight is 363 g/mol. The number of ketones is 1. The number of fused-ring (bicyclic) bond motifs is 1. The van der Waals surface area contributed by atoms with E-state index in [2.05, 4.69) is 15.9 Å². The largest absolute Gasteiger partial charge is 0.486 e. The summed E-state index contributed by atoms with van der Waals surface area (Å²) in [6, 6.07) is 5.17. The van der Waals surface area contributed by atoms with Crippen LogP contribution < -0.4 is 4.74 Å². The molecule has 0 radical (unpaired) electrons. The predicted octanol–water partition coefficient (Wildman–Crippen LogP) is 4.91. The number of rotatable bonds is 0. The number of ether oxygens (including phenoxy) is 1. The molecule has 1 aliphatic carbocycles. The summed E-state index contributed by atoms with van der Waals surface area (Å²) in [6.45, 7) is 0. The molecule has 0 bridgehead atoms. The number of halogens is 4. The third-order valence-corrected chi connectivity index (χ3v) is 4.91. The molecule has 3 rings (SSSR count). The van der Waals surface area contributed by atoms with Crippen LogP contribution in [0.4, 0.5) is 13.2 Å². The van der Waals surface area contributed by atoms with Gasteiger partial charge >= 0.3 is 6.18 Å². The van der Waals surface area contributed by atoms with E-state index in [1.54, 1.807) is 18.2 Å². The van der Waals surface area contributed by atoms with E-state index in [1.807, 2.05) is 0 Å². The van der Waals surface area contributed by atoms with Gasteiger partial charge in [0.25, 0.3) is 0 Å². The first-order chi connectivity index (χ1) is 9.79. The van der Waals surface area contributed by atoms with Gasteiger partial charge in [-0.15, -0.1) is 0 Å². The van der Waals surface area contributed by atoms with Crippen molar-refractivity contribution in [3.05, 3.63) is 28.2 Å². The highest BCUT2D eigenvalue weighted by atomic mass is 79.9. The third-order valence-electron chi connectivity index (χ3n) is 4.41. The Hall–Kier alpha value is -1.04. The summed E-state index contributed by atoms with van der Waals surface area (Å²) in [5, 5.41) is 0. The minimum atomic E-state index is -4.15. The highest BCUT2D eigenvalue weighted by Crippen LogP contribution is 2.47. The lowest BCUT2D eigenvalue weighted by Gasteiger charge is -2.43. The first-order valence-corrected chi connectivity index (χ1v) is 7.67. The molecule has 0 N–H and O–H groups in total. The van der Waals surface area contributed by atoms with Crippen molar-refractivity contribution >= 4 is 21.7 Å². The summed E-state index contributed by atoms with van der Waals surface area (Å²) < 4.78 is 45.0. The molecular weight excluding hydrogens is 349 g/mol. The number of hydrogen-bond acceptors (Lipinski definition) is 2. The second-order valence-electron chi connectivity index (χ2n) is 5.84. The Kier molecular flexibility index (Phi) is 3.55. The van der Waals surface area contributed by atoms with Crippen molar-refractivity contribution in [3.63, 3.8) is 0 Å². The SMILES string of the molecule is O=C1CC2(CCC(C(F)(F)F)CC2)Oc2cc(Br)ccc21. The number of alkyl halides is 3.